The zero-order valence-electron chi connectivity index (χ0n) is 20.9. The summed E-state index contributed by atoms with van der Waals surface area (Å²) in [4.78, 5) is 29.6. The van der Waals surface area contributed by atoms with Crippen LogP contribution in [0.5, 0.6) is 5.75 Å². The molecule has 7 nitrogen and oxygen atoms in total. The van der Waals surface area contributed by atoms with Gasteiger partial charge in [0.1, 0.15) is 22.7 Å². The lowest BCUT2D eigenvalue weighted by atomic mass is 9.91. The molecule has 1 N–H and O–H groups in total. The summed E-state index contributed by atoms with van der Waals surface area (Å²) in [6.45, 7) is 4.48. The zero-order chi connectivity index (χ0) is 24.6. The van der Waals surface area contributed by atoms with Crippen LogP contribution in [0.3, 0.4) is 0 Å². The highest BCUT2D eigenvalue weighted by Crippen LogP contribution is 2.35. The third-order valence-electron chi connectivity index (χ3n) is 7.64. The first kappa shape index (κ1) is 23.5. The fraction of sp³-hybridized carbons (Fsp3) is 0.500. The number of nitrogens with zero attached hydrogens (tertiary/aromatic N) is 2. The first-order chi connectivity index (χ1) is 16.9. The number of ether oxygens (including phenoxy) is 1. The van der Waals surface area contributed by atoms with Gasteiger partial charge in [-0.05, 0) is 44.4 Å². The molecular formula is C28H35N3O4. The number of nitrogens with one attached hydrogen (secondary N) is 1. The average Bonchev–Trinajstić information content (AvgIpc) is 3.35. The lowest BCUT2D eigenvalue weighted by Crippen LogP contribution is -2.64. The Balaban J connectivity index is 1.51. The Labute approximate surface area is 206 Å². The van der Waals surface area contributed by atoms with Gasteiger partial charge in [-0.25, -0.2) is 0 Å². The first-order valence-corrected chi connectivity index (χ1v) is 12.7. The second-order valence-electron chi connectivity index (χ2n) is 10.3. The second-order valence-corrected chi connectivity index (χ2v) is 10.3. The van der Waals surface area contributed by atoms with Crippen molar-refractivity contribution >= 4 is 22.9 Å². The normalized spacial score (nSPS) is 21.5. The number of aromatic nitrogens is 1. The highest BCUT2D eigenvalue weighted by Gasteiger charge is 2.48. The minimum Gasteiger partial charge on any atom is -0.497 e. The summed E-state index contributed by atoms with van der Waals surface area (Å²) < 4.78 is 13.2. The number of methoxy groups -OCH3 is 1. The van der Waals surface area contributed by atoms with E-state index in [-0.39, 0.29) is 17.9 Å². The lowest BCUT2D eigenvalue weighted by molar-refractivity contribution is -0.134. The molecular weight excluding hydrogens is 442 g/mol. The number of hydrogen-bond acceptors (Lipinski definition) is 4. The molecule has 0 unspecified atom stereocenters. The van der Waals surface area contributed by atoms with Gasteiger partial charge in [0.05, 0.1) is 19.2 Å². The SMILES string of the molecule is COc1cccc(CN2C(=O)c3cc4oc(C)cc4n3C[C@]2(C)C(=O)NC2CCCCCCC2)c1. The van der Waals surface area contributed by atoms with Gasteiger partial charge in [0.25, 0.3) is 5.91 Å². The summed E-state index contributed by atoms with van der Waals surface area (Å²) in [6, 6.07) is 11.6. The van der Waals surface area contributed by atoms with Crippen molar-refractivity contribution in [1.82, 2.24) is 14.8 Å². The summed E-state index contributed by atoms with van der Waals surface area (Å²) in [5.74, 6) is 1.26. The van der Waals surface area contributed by atoms with Crippen molar-refractivity contribution in [2.45, 2.75) is 83.5 Å². The number of fused-ring (bicyclic) bond motifs is 3. The quantitative estimate of drug-likeness (QED) is 0.548. The Morgan fingerprint density at radius 3 is 2.63 bits per heavy atom. The van der Waals surface area contributed by atoms with E-state index in [1.54, 1.807) is 18.1 Å². The Kier molecular flexibility index (Phi) is 6.34. The molecule has 5 rings (SSSR count). The molecule has 1 aliphatic heterocycles. The van der Waals surface area contributed by atoms with Gasteiger partial charge in [-0.2, -0.15) is 0 Å². The van der Waals surface area contributed by atoms with E-state index in [1.807, 2.05) is 48.7 Å². The summed E-state index contributed by atoms with van der Waals surface area (Å²) in [5, 5.41) is 3.34. The van der Waals surface area contributed by atoms with Crippen molar-refractivity contribution in [3.63, 3.8) is 0 Å². The molecule has 1 aromatic carbocycles. The Morgan fingerprint density at radius 2 is 1.89 bits per heavy atom. The average molecular weight is 478 g/mol. The second kappa shape index (κ2) is 9.44. The van der Waals surface area contributed by atoms with Crippen LogP contribution >= 0.6 is 0 Å². The Morgan fingerprint density at radius 1 is 1.14 bits per heavy atom. The molecule has 0 radical (unpaired) electrons. The number of aryl methyl sites for hydroxylation is 1. The largest absolute Gasteiger partial charge is 0.497 e. The van der Waals surface area contributed by atoms with E-state index in [2.05, 4.69) is 5.32 Å². The van der Waals surface area contributed by atoms with Gasteiger partial charge in [-0.3, -0.25) is 9.59 Å². The van der Waals surface area contributed by atoms with E-state index in [1.165, 1.54) is 19.3 Å². The van der Waals surface area contributed by atoms with Crippen molar-refractivity contribution in [3.05, 3.63) is 53.4 Å². The molecule has 186 valence electrons. The fourth-order valence-electron chi connectivity index (χ4n) is 5.60. The molecule has 0 bridgehead atoms. The predicted octanol–water partition coefficient (Wildman–Crippen LogP) is 5.20. The third kappa shape index (κ3) is 4.44. The van der Waals surface area contributed by atoms with E-state index >= 15 is 0 Å². The van der Waals surface area contributed by atoms with E-state index in [4.69, 9.17) is 9.15 Å². The molecule has 2 aromatic heterocycles. The van der Waals surface area contributed by atoms with Gasteiger partial charge >= 0.3 is 0 Å². The molecule has 7 heteroatoms. The molecule has 3 heterocycles. The van der Waals surface area contributed by atoms with Crippen LogP contribution in [0.1, 0.15) is 73.7 Å². The van der Waals surface area contributed by atoms with E-state index in [9.17, 15) is 9.59 Å². The first-order valence-electron chi connectivity index (χ1n) is 12.7. The van der Waals surface area contributed by atoms with Gasteiger partial charge < -0.3 is 23.9 Å². The van der Waals surface area contributed by atoms with Gasteiger partial charge in [0, 0.05) is 24.7 Å². The van der Waals surface area contributed by atoms with Crippen LogP contribution in [0.15, 0.2) is 40.8 Å². The zero-order valence-corrected chi connectivity index (χ0v) is 20.9. The van der Waals surface area contributed by atoms with Gasteiger partial charge in [-0.15, -0.1) is 0 Å². The number of furan rings is 1. The van der Waals surface area contributed by atoms with Crippen LogP contribution in [0.2, 0.25) is 0 Å². The highest BCUT2D eigenvalue weighted by molar-refractivity contribution is 6.03. The van der Waals surface area contributed by atoms with E-state index in [0.29, 0.717) is 24.4 Å². The number of carbonyl (C=O) groups excluding carboxylic acids is 2. The maximum atomic E-state index is 14.0. The Bertz CT molecular complexity index is 1230. The van der Waals surface area contributed by atoms with Crippen LogP contribution in [0, 0.1) is 6.92 Å². The monoisotopic (exact) mass is 477 g/mol. The van der Waals surface area contributed by atoms with Crippen LogP contribution < -0.4 is 10.1 Å². The van der Waals surface area contributed by atoms with Gasteiger partial charge in [0.2, 0.25) is 5.91 Å². The molecule has 0 saturated heterocycles. The molecule has 35 heavy (non-hydrogen) atoms. The molecule has 0 spiro atoms. The maximum absolute atomic E-state index is 14.0. The van der Waals surface area contributed by atoms with Gasteiger partial charge in [-0.1, -0.05) is 44.2 Å². The van der Waals surface area contributed by atoms with Gasteiger partial charge in [0.15, 0.2) is 5.58 Å². The number of benzene rings is 1. The topological polar surface area (TPSA) is 76.7 Å². The molecule has 1 atom stereocenters. The number of carbonyl (C=O) groups is 2. The van der Waals surface area contributed by atoms with Crippen molar-refractivity contribution in [2.24, 2.45) is 0 Å². The molecule has 3 aromatic rings. The summed E-state index contributed by atoms with van der Waals surface area (Å²) in [6.07, 6.45) is 7.95. The molecule has 2 aliphatic rings. The summed E-state index contributed by atoms with van der Waals surface area (Å²) in [5.41, 5.74) is 1.96. The summed E-state index contributed by atoms with van der Waals surface area (Å²) >= 11 is 0. The number of hydrogen-bond donors (Lipinski definition) is 1. The smallest absolute Gasteiger partial charge is 0.271 e. The maximum Gasteiger partial charge on any atom is 0.271 e. The van der Waals surface area contributed by atoms with Crippen molar-refractivity contribution in [1.29, 1.82) is 0 Å². The van der Waals surface area contributed by atoms with Crippen LogP contribution in [0.4, 0.5) is 0 Å². The summed E-state index contributed by atoms with van der Waals surface area (Å²) in [7, 11) is 1.63. The van der Waals surface area contributed by atoms with Crippen LogP contribution in [-0.4, -0.2) is 40.0 Å². The number of amides is 2. The fourth-order valence-corrected chi connectivity index (χ4v) is 5.60. The van der Waals surface area contributed by atoms with Crippen molar-refractivity contribution in [2.75, 3.05) is 7.11 Å². The minimum atomic E-state index is -1.05. The van der Waals surface area contributed by atoms with Crippen LogP contribution in [0.25, 0.3) is 11.1 Å². The predicted molar refractivity (Wildman–Crippen MR) is 134 cm³/mol. The third-order valence-corrected chi connectivity index (χ3v) is 7.64. The Hall–Kier alpha value is -3.22. The lowest BCUT2D eigenvalue weighted by Gasteiger charge is -2.44. The van der Waals surface area contributed by atoms with E-state index in [0.717, 1.165) is 48.3 Å². The van der Waals surface area contributed by atoms with E-state index < -0.39 is 5.54 Å². The molecule has 1 fully saturated rings. The molecule has 1 saturated carbocycles. The highest BCUT2D eigenvalue weighted by atomic mass is 16.5. The van der Waals surface area contributed by atoms with Crippen LogP contribution in [-0.2, 0) is 17.9 Å². The molecule has 1 aliphatic carbocycles. The standard InChI is InChI=1S/C28H35N3O4/c1-19-14-23-25(35-19)16-24-26(32)31(17-20-10-9-13-22(15-20)34-3)28(2,18-30(23)24)27(33)29-21-11-7-5-4-6-8-12-21/h9-10,13-16,21H,4-8,11-12,17-18H2,1-3H3,(H,29,33)/t28-/m1/s1. The molecule has 2 amide bonds. The van der Waals surface area contributed by atoms with Crippen molar-refractivity contribution in [3.8, 4) is 5.75 Å². The number of rotatable bonds is 5. The van der Waals surface area contributed by atoms with Crippen molar-refractivity contribution < 1.29 is 18.7 Å². The minimum absolute atomic E-state index is 0.0907.